The van der Waals surface area contributed by atoms with Gasteiger partial charge in [-0.25, -0.2) is 9.97 Å². The summed E-state index contributed by atoms with van der Waals surface area (Å²) < 4.78 is 0. The van der Waals surface area contributed by atoms with Crippen LogP contribution >= 0.6 is 0 Å². The van der Waals surface area contributed by atoms with Crippen molar-refractivity contribution in [3.8, 4) is 0 Å². The lowest BCUT2D eigenvalue weighted by atomic mass is 9.88. The van der Waals surface area contributed by atoms with Crippen LogP contribution in [-0.4, -0.2) is 108 Å². The second kappa shape index (κ2) is 17.7. The first kappa shape index (κ1) is 41.3. The summed E-state index contributed by atoms with van der Waals surface area (Å²) in [5.74, 6) is -0.000820. The van der Waals surface area contributed by atoms with Gasteiger partial charge in [0.25, 0.3) is 5.91 Å². The zero-order chi connectivity index (χ0) is 42.7. The SMILES string of the molecule is C=CCNC(=O)c1cnc(Nc2ccc(N3CCN(CC4CN(c5ccc(C(=N)C6CCC(=O)NC6=O)c(NC)c5)C4)CC3)cc2)nc1Nc1ccc2c(n1)[C@@](O)(CC)CC2. The van der Waals surface area contributed by atoms with E-state index in [4.69, 9.17) is 10.4 Å². The minimum absolute atomic E-state index is 0.234. The molecule has 16 nitrogen and oxygen atoms in total. The lowest BCUT2D eigenvalue weighted by Crippen LogP contribution is -2.55. The molecule has 0 radical (unpaired) electrons. The van der Waals surface area contributed by atoms with Crippen LogP contribution in [0.25, 0.3) is 0 Å². The first-order valence-corrected chi connectivity index (χ1v) is 21.1. The highest BCUT2D eigenvalue weighted by molar-refractivity contribution is 6.17. The Hall–Kier alpha value is -6.39. The number of aromatic nitrogens is 3. The number of hydrogen-bond acceptors (Lipinski definition) is 14. The molecule has 318 valence electrons. The maximum atomic E-state index is 13.1. The van der Waals surface area contributed by atoms with E-state index in [0.29, 0.717) is 54.7 Å². The van der Waals surface area contributed by atoms with Crippen molar-refractivity contribution < 1.29 is 19.5 Å². The number of nitrogens with zero attached hydrogens (tertiary/aromatic N) is 6. The maximum absolute atomic E-state index is 13.1. The standard InChI is InChI=1S/C45H54N12O4/c1-4-18-48-42(59)35-24-49-44(54-41(35)52-37-14-6-29-16-17-45(61,5-2)40(29)51-37)50-30-7-9-31(10-8-30)56-21-19-55(20-22-56)25-28-26-57(27-28)32-11-12-33(36(23-32)47-3)39(46)34-13-15-38(58)53-43(34)60/h4,6-12,14,23-24,28,34,46-47,61H,1,5,13,15-22,25-27H2,2-3H3,(H,48,59)(H,53,58,60)(H2,49,50,51,52,54)/t34?,45-/m1/s1. The van der Waals surface area contributed by atoms with Crippen LogP contribution in [0, 0.1) is 17.2 Å². The van der Waals surface area contributed by atoms with E-state index in [1.807, 2.05) is 50.4 Å². The topological polar surface area (TPSA) is 204 Å². The third kappa shape index (κ3) is 8.91. The van der Waals surface area contributed by atoms with Crippen molar-refractivity contribution in [3.05, 3.63) is 95.8 Å². The Morgan fingerprint density at radius 1 is 0.984 bits per heavy atom. The number of amides is 3. The Kier molecular flexibility index (Phi) is 12.0. The molecule has 4 aliphatic rings. The van der Waals surface area contributed by atoms with Crippen LogP contribution in [-0.2, 0) is 21.6 Å². The van der Waals surface area contributed by atoms with Crippen LogP contribution in [0.2, 0.25) is 0 Å². The molecule has 1 unspecified atom stereocenters. The molecule has 5 heterocycles. The van der Waals surface area contributed by atoms with E-state index >= 15 is 0 Å². The van der Waals surface area contributed by atoms with Crippen molar-refractivity contribution >= 4 is 63.8 Å². The zero-order valence-corrected chi connectivity index (χ0v) is 34.8. The number of rotatable bonds is 15. The lowest BCUT2D eigenvalue weighted by Gasteiger charge is -2.45. The van der Waals surface area contributed by atoms with Gasteiger partial charge in [-0.2, -0.15) is 4.98 Å². The number of carbonyl (C=O) groups excluding carboxylic acids is 3. The minimum atomic E-state index is -0.972. The molecule has 1 aliphatic carbocycles. The smallest absolute Gasteiger partial charge is 0.256 e. The van der Waals surface area contributed by atoms with Gasteiger partial charge in [0, 0.05) is 106 Å². The van der Waals surface area contributed by atoms with Gasteiger partial charge in [-0.05, 0) is 79.8 Å². The summed E-state index contributed by atoms with van der Waals surface area (Å²) in [5.41, 5.74) is 5.73. The van der Waals surface area contributed by atoms with Crippen molar-refractivity contribution in [1.29, 1.82) is 5.41 Å². The molecule has 0 spiro atoms. The zero-order valence-electron chi connectivity index (χ0n) is 34.8. The number of pyridine rings is 1. The predicted molar refractivity (Wildman–Crippen MR) is 237 cm³/mol. The first-order valence-electron chi connectivity index (χ1n) is 21.1. The van der Waals surface area contributed by atoms with Crippen molar-refractivity contribution in [3.63, 3.8) is 0 Å². The van der Waals surface area contributed by atoms with Gasteiger partial charge in [-0.1, -0.05) is 19.1 Å². The summed E-state index contributed by atoms with van der Waals surface area (Å²) in [4.78, 5) is 58.3. The van der Waals surface area contributed by atoms with Crippen LogP contribution < -0.4 is 36.4 Å². The molecule has 4 aromatic rings. The van der Waals surface area contributed by atoms with Crippen LogP contribution in [0.5, 0.6) is 0 Å². The van der Waals surface area contributed by atoms with Crippen molar-refractivity contribution in [2.75, 3.05) is 85.2 Å². The Bertz CT molecular complexity index is 2320. The summed E-state index contributed by atoms with van der Waals surface area (Å²) in [5, 5.41) is 34.7. The molecule has 3 saturated heterocycles. The van der Waals surface area contributed by atoms with Crippen LogP contribution in [0.15, 0.2) is 73.4 Å². The summed E-state index contributed by atoms with van der Waals surface area (Å²) >= 11 is 0. The molecule has 2 atom stereocenters. The molecule has 0 bridgehead atoms. The van der Waals surface area contributed by atoms with E-state index in [0.717, 1.165) is 80.5 Å². The quantitative estimate of drug-likeness (QED) is 0.0501. The Morgan fingerprint density at radius 3 is 2.48 bits per heavy atom. The highest BCUT2D eigenvalue weighted by atomic mass is 16.3. The summed E-state index contributed by atoms with van der Waals surface area (Å²) in [6.45, 7) is 12.7. The molecule has 8 rings (SSSR count). The van der Waals surface area contributed by atoms with E-state index in [2.05, 4.69) is 76.0 Å². The van der Waals surface area contributed by atoms with Gasteiger partial charge in [0.1, 0.15) is 22.8 Å². The molecule has 7 N–H and O–H groups in total. The number of imide groups is 1. The molecular formula is C45H54N12O4. The first-order chi connectivity index (χ1) is 29.5. The molecule has 2 aromatic heterocycles. The molecule has 3 aliphatic heterocycles. The fourth-order valence-electron chi connectivity index (χ4n) is 8.71. The maximum Gasteiger partial charge on any atom is 0.256 e. The monoisotopic (exact) mass is 826 g/mol. The molecule has 0 saturated carbocycles. The molecule has 3 amide bonds. The molecule has 16 heteroatoms. The summed E-state index contributed by atoms with van der Waals surface area (Å²) in [7, 11) is 1.83. The fourth-order valence-corrected chi connectivity index (χ4v) is 8.71. The number of nitrogens with one attached hydrogen (secondary N) is 6. The Balaban J connectivity index is 0.837. The summed E-state index contributed by atoms with van der Waals surface area (Å²) in [6, 6.07) is 18.0. The van der Waals surface area contributed by atoms with Gasteiger partial charge in [0.05, 0.1) is 17.3 Å². The van der Waals surface area contributed by atoms with Crippen molar-refractivity contribution in [1.82, 2.24) is 30.5 Å². The van der Waals surface area contributed by atoms with Gasteiger partial charge < -0.3 is 41.6 Å². The number of carbonyl (C=O) groups is 3. The molecule has 3 fully saturated rings. The van der Waals surface area contributed by atoms with E-state index < -0.39 is 17.4 Å². The average Bonchev–Trinajstić information content (AvgIpc) is 3.59. The summed E-state index contributed by atoms with van der Waals surface area (Å²) in [6.07, 6.45) is 5.66. The number of anilines is 7. The molecular weight excluding hydrogens is 773 g/mol. The fraction of sp³-hybridized carbons (Fsp3) is 0.400. The normalized spacial score (nSPS) is 20.3. The number of piperidine rings is 1. The Labute approximate surface area is 355 Å². The molecule has 2 aromatic carbocycles. The van der Waals surface area contributed by atoms with Gasteiger partial charge in [-0.15, -0.1) is 6.58 Å². The average molecular weight is 827 g/mol. The molecule has 61 heavy (non-hydrogen) atoms. The number of piperazine rings is 1. The van der Waals surface area contributed by atoms with Gasteiger partial charge >= 0.3 is 0 Å². The number of aliphatic hydroxyl groups is 1. The van der Waals surface area contributed by atoms with E-state index in [9.17, 15) is 19.5 Å². The minimum Gasteiger partial charge on any atom is -0.388 e. The second-order valence-electron chi connectivity index (χ2n) is 16.3. The van der Waals surface area contributed by atoms with Crippen LogP contribution in [0.4, 0.5) is 40.3 Å². The number of fused-ring (bicyclic) bond motifs is 1. The van der Waals surface area contributed by atoms with E-state index in [-0.39, 0.29) is 35.3 Å². The van der Waals surface area contributed by atoms with E-state index in [1.54, 1.807) is 6.08 Å². The Morgan fingerprint density at radius 2 is 1.75 bits per heavy atom. The predicted octanol–water partition coefficient (Wildman–Crippen LogP) is 4.54. The van der Waals surface area contributed by atoms with Crippen molar-refractivity contribution in [2.45, 2.75) is 44.6 Å². The highest BCUT2D eigenvalue weighted by Crippen LogP contribution is 2.39. The number of hydrogen-bond donors (Lipinski definition) is 7. The van der Waals surface area contributed by atoms with Gasteiger partial charge in [0.15, 0.2) is 0 Å². The van der Waals surface area contributed by atoms with Gasteiger partial charge in [-0.3, -0.25) is 24.6 Å². The van der Waals surface area contributed by atoms with Crippen LogP contribution in [0.3, 0.4) is 0 Å². The van der Waals surface area contributed by atoms with Crippen LogP contribution in [0.1, 0.15) is 59.8 Å². The number of benzene rings is 2. The van der Waals surface area contributed by atoms with E-state index in [1.165, 1.54) is 6.20 Å². The highest BCUT2D eigenvalue weighted by Gasteiger charge is 2.37. The lowest BCUT2D eigenvalue weighted by molar-refractivity contribution is -0.134. The third-order valence-corrected chi connectivity index (χ3v) is 12.3. The third-order valence-electron chi connectivity index (χ3n) is 12.3. The largest absolute Gasteiger partial charge is 0.388 e. The van der Waals surface area contributed by atoms with Gasteiger partial charge in [0.2, 0.25) is 17.8 Å². The number of aryl methyl sites for hydroxylation is 1. The van der Waals surface area contributed by atoms with Crippen molar-refractivity contribution in [2.24, 2.45) is 11.8 Å². The second-order valence-corrected chi connectivity index (χ2v) is 16.3.